The van der Waals surface area contributed by atoms with Crippen LogP contribution in [0.5, 0.6) is 5.75 Å². The van der Waals surface area contributed by atoms with E-state index in [0.717, 1.165) is 16.5 Å². The van der Waals surface area contributed by atoms with Crippen LogP contribution in [0.2, 0.25) is 5.02 Å². The molecule has 1 amide bonds. The van der Waals surface area contributed by atoms with Crippen molar-refractivity contribution in [3.63, 3.8) is 0 Å². The molecule has 22 heavy (non-hydrogen) atoms. The summed E-state index contributed by atoms with van der Waals surface area (Å²) < 4.78 is 5.50. The number of thiazole rings is 1. The molecule has 0 saturated carbocycles. The number of ether oxygens (including phenoxy) is 1. The molecule has 7 heteroatoms. The first kappa shape index (κ1) is 17.1. The van der Waals surface area contributed by atoms with Crippen LogP contribution in [-0.2, 0) is 10.5 Å². The van der Waals surface area contributed by atoms with Crippen LogP contribution in [-0.4, -0.2) is 29.8 Å². The third-order valence-electron chi connectivity index (χ3n) is 2.64. The number of rotatable bonds is 8. The average molecular weight is 357 g/mol. The van der Waals surface area contributed by atoms with Crippen molar-refractivity contribution in [3.8, 4) is 5.75 Å². The van der Waals surface area contributed by atoms with Gasteiger partial charge in [0.2, 0.25) is 5.91 Å². The number of hydrogen-bond donors (Lipinski definition) is 1. The Balaban J connectivity index is 1.56. The summed E-state index contributed by atoms with van der Waals surface area (Å²) >= 11 is 9.05. The number of hydrogen-bond acceptors (Lipinski definition) is 5. The molecule has 0 bridgehead atoms. The topological polar surface area (TPSA) is 51.2 Å². The second kappa shape index (κ2) is 9.02. The molecule has 1 aromatic carbocycles. The zero-order valence-electron chi connectivity index (χ0n) is 12.2. The van der Waals surface area contributed by atoms with Gasteiger partial charge in [-0.25, -0.2) is 4.98 Å². The maximum Gasteiger partial charge on any atom is 0.230 e. The molecule has 0 aliphatic rings. The van der Waals surface area contributed by atoms with Crippen molar-refractivity contribution in [3.05, 3.63) is 45.4 Å². The number of nitrogens with one attached hydrogen (secondary N) is 1. The van der Waals surface area contributed by atoms with Crippen molar-refractivity contribution in [1.29, 1.82) is 0 Å². The van der Waals surface area contributed by atoms with Gasteiger partial charge in [0.1, 0.15) is 12.4 Å². The number of halogens is 1. The van der Waals surface area contributed by atoms with Gasteiger partial charge in [-0.1, -0.05) is 17.7 Å². The van der Waals surface area contributed by atoms with Gasteiger partial charge in [0.25, 0.3) is 0 Å². The summed E-state index contributed by atoms with van der Waals surface area (Å²) in [5.41, 5.74) is 1.03. The van der Waals surface area contributed by atoms with E-state index in [-0.39, 0.29) is 5.91 Å². The Hall–Kier alpha value is -1.24. The van der Waals surface area contributed by atoms with Crippen LogP contribution in [0.25, 0.3) is 0 Å². The van der Waals surface area contributed by atoms with E-state index in [4.69, 9.17) is 16.3 Å². The van der Waals surface area contributed by atoms with Crippen LogP contribution in [0, 0.1) is 6.92 Å². The van der Waals surface area contributed by atoms with E-state index in [9.17, 15) is 4.79 Å². The summed E-state index contributed by atoms with van der Waals surface area (Å²) in [6.07, 6.45) is 0. The van der Waals surface area contributed by atoms with Crippen molar-refractivity contribution in [2.24, 2.45) is 0 Å². The Morgan fingerprint density at radius 1 is 1.50 bits per heavy atom. The van der Waals surface area contributed by atoms with Gasteiger partial charge in [0.05, 0.1) is 23.0 Å². The number of nitrogens with zero attached hydrogens (tertiary/aromatic N) is 1. The van der Waals surface area contributed by atoms with Gasteiger partial charge in [0.15, 0.2) is 0 Å². The van der Waals surface area contributed by atoms with E-state index >= 15 is 0 Å². The molecule has 4 nitrogen and oxygen atoms in total. The van der Waals surface area contributed by atoms with Crippen LogP contribution in [0.15, 0.2) is 29.6 Å². The number of benzene rings is 1. The van der Waals surface area contributed by atoms with Crippen LogP contribution in [0.3, 0.4) is 0 Å². The van der Waals surface area contributed by atoms with Crippen LogP contribution in [0.4, 0.5) is 0 Å². The molecule has 0 spiro atoms. The summed E-state index contributed by atoms with van der Waals surface area (Å²) in [6, 6.07) is 7.19. The highest BCUT2D eigenvalue weighted by atomic mass is 35.5. The molecule has 1 N–H and O–H groups in total. The highest BCUT2D eigenvalue weighted by molar-refractivity contribution is 7.99. The minimum absolute atomic E-state index is 0.00615. The van der Waals surface area contributed by atoms with Gasteiger partial charge in [-0.2, -0.15) is 0 Å². The zero-order valence-corrected chi connectivity index (χ0v) is 14.6. The van der Waals surface area contributed by atoms with E-state index in [1.54, 1.807) is 35.2 Å². The first-order chi connectivity index (χ1) is 10.6. The fraction of sp³-hybridized carbons (Fsp3) is 0.333. The second-order valence-electron chi connectivity index (χ2n) is 4.51. The molecule has 2 aromatic rings. The Labute approximate surface area is 143 Å². The lowest BCUT2D eigenvalue weighted by molar-refractivity contribution is -0.118. The van der Waals surface area contributed by atoms with Crippen molar-refractivity contribution < 1.29 is 9.53 Å². The summed E-state index contributed by atoms with van der Waals surface area (Å²) in [5.74, 6) is 1.89. The molecule has 1 heterocycles. The molecule has 0 atom stereocenters. The predicted octanol–water partition coefficient (Wildman–Crippen LogP) is 3.53. The summed E-state index contributed by atoms with van der Waals surface area (Å²) in [5, 5.41) is 6.54. The summed E-state index contributed by atoms with van der Waals surface area (Å²) in [6.45, 7) is 2.87. The number of carbonyl (C=O) groups excluding carboxylic acids is 1. The highest BCUT2D eigenvalue weighted by Crippen LogP contribution is 2.17. The number of aromatic nitrogens is 1. The van der Waals surface area contributed by atoms with Gasteiger partial charge in [-0.15, -0.1) is 23.1 Å². The van der Waals surface area contributed by atoms with E-state index in [1.165, 1.54) is 0 Å². The fourth-order valence-electron chi connectivity index (χ4n) is 1.69. The van der Waals surface area contributed by atoms with Crippen LogP contribution >= 0.6 is 34.7 Å². The Kier molecular flexibility index (Phi) is 7.02. The SMILES string of the molecule is Cc1nc(CSCC(=O)NCCOc2cccc(Cl)c2)cs1. The number of carbonyl (C=O) groups is 1. The smallest absolute Gasteiger partial charge is 0.230 e. The largest absolute Gasteiger partial charge is 0.492 e. The van der Waals surface area contributed by atoms with Crippen LogP contribution in [0.1, 0.15) is 10.7 Å². The van der Waals surface area contributed by atoms with Gasteiger partial charge in [-0.05, 0) is 25.1 Å². The van der Waals surface area contributed by atoms with E-state index in [2.05, 4.69) is 10.3 Å². The zero-order chi connectivity index (χ0) is 15.8. The number of thioether (sulfide) groups is 1. The maximum atomic E-state index is 11.7. The minimum atomic E-state index is 0.00615. The summed E-state index contributed by atoms with van der Waals surface area (Å²) in [7, 11) is 0. The number of amides is 1. The molecule has 0 saturated heterocycles. The van der Waals surface area contributed by atoms with E-state index in [0.29, 0.717) is 29.7 Å². The molecule has 0 aliphatic carbocycles. The van der Waals surface area contributed by atoms with Crippen molar-refractivity contribution >= 4 is 40.6 Å². The molecule has 118 valence electrons. The lowest BCUT2D eigenvalue weighted by Crippen LogP contribution is -2.29. The first-order valence-corrected chi connectivity index (χ1v) is 9.18. The van der Waals surface area contributed by atoms with Gasteiger partial charge >= 0.3 is 0 Å². The Morgan fingerprint density at radius 2 is 2.36 bits per heavy atom. The maximum absolute atomic E-state index is 11.7. The van der Waals surface area contributed by atoms with Gasteiger partial charge < -0.3 is 10.1 Å². The number of aryl methyl sites for hydroxylation is 1. The molecular weight excluding hydrogens is 340 g/mol. The Bertz CT molecular complexity index is 619. The average Bonchev–Trinajstić information content (AvgIpc) is 2.89. The third-order valence-corrected chi connectivity index (χ3v) is 4.66. The first-order valence-electron chi connectivity index (χ1n) is 6.77. The molecule has 0 unspecified atom stereocenters. The molecular formula is C15H17ClN2O2S2. The Morgan fingerprint density at radius 3 is 3.09 bits per heavy atom. The molecule has 1 aromatic heterocycles. The van der Waals surface area contributed by atoms with E-state index < -0.39 is 0 Å². The van der Waals surface area contributed by atoms with Crippen molar-refractivity contribution in [1.82, 2.24) is 10.3 Å². The normalized spacial score (nSPS) is 10.5. The van der Waals surface area contributed by atoms with Gasteiger partial charge in [-0.3, -0.25) is 4.79 Å². The van der Waals surface area contributed by atoms with E-state index in [1.807, 2.05) is 24.4 Å². The fourth-order valence-corrected chi connectivity index (χ4v) is 3.33. The lowest BCUT2D eigenvalue weighted by Gasteiger charge is -2.07. The highest BCUT2D eigenvalue weighted by Gasteiger charge is 2.03. The van der Waals surface area contributed by atoms with Crippen LogP contribution < -0.4 is 10.1 Å². The molecule has 2 rings (SSSR count). The third kappa shape index (κ3) is 6.25. The predicted molar refractivity (Wildman–Crippen MR) is 93.0 cm³/mol. The van der Waals surface area contributed by atoms with Crippen molar-refractivity contribution in [2.45, 2.75) is 12.7 Å². The molecule has 0 radical (unpaired) electrons. The monoisotopic (exact) mass is 356 g/mol. The van der Waals surface area contributed by atoms with Gasteiger partial charge in [0, 0.05) is 16.2 Å². The lowest BCUT2D eigenvalue weighted by atomic mass is 10.3. The molecule has 0 fully saturated rings. The minimum Gasteiger partial charge on any atom is -0.492 e. The molecule has 0 aliphatic heterocycles. The summed E-state index contributed by atoms with van der Waals surface area (Å²) in [4.78, 5) is 16.0. The second-order valence-corrected chi connectivity index (χ2v) is 6.99. The quantitative estimate of drug-likeness (QED) is 0.735. The van der Waals surface area contributed by atoms with Crippen molar-refractivity contribution in [2.75, 3.05) is 18.9 Å². The standard InChI is InChI=1S/C15H17ClN2O2S2/c1-11-18-13(9-22-11)8-21-10-15(19)17-5-6-20-14-4-2-3-12(16)7-14/h2-4,7,9H,5-6,8,10H2,1H3,(H,17,19).